The highest BCUT2D eigenvalue weighted by molar-refractivity contribution is 5.87. The molecule has 4 heteroatoms. The Balaban J connectivity index is 1.57. The van der Waals surface area contributed by atoms with E-state index in [4.69, 9.17) is 9.84 Å². The Morgan fingerprint density at radius 1 is 1.22 bits per heavy atom. The Hall–Kier alpha value is -1.83. The molecule has 4 nitrogen and oxygen atoms in total. The van der Waals surface area contributed by atoms with E-state index in [0.717, 1.165) is 56.9 Å². The van der Waals surface area contributed by atoms with Gasteiger partial charge in [-0.3, -0.25) is 0 Å². The van der Waals surface area contributed by atoms with Gasteiger partial charge < -0.3 is 14.9 Å². The van der Waals surface area contributed by atoms with Crippen LogP contribution in [0.3, 0.4) is 0 Å². The normalized spacial score (nSPS) is 27.2. The van der Waals surface area contributed by atoms with E-state index in [1.54, 1.807) is 12.1 Å². The van der Waals surface area contributed by atoms with Crippen molar-refractivity contribution in [2.45, 2.75) is 76.6 Å². The van der Waals surface area contributed by atoms with E-state index < -0.39 is 12.1 Å². The van der Waals surface area contributed by atoms with E-state index >= 15 is 0 Å². The van der Waals surface area contributed by atoms with Gasteiger partial charge in [-0.15, -0.1) is 0 Å². The molecule has 146 valence electrons. The van der Waals surface area contributed by atoms with Crippen LogP contribution in [-0.4, -0.2) is 34.5 Å². The van der Waals surface area contributed by atoms with Crippen molar-refractivity contribution in [3.63, 3.8) is 0 Å². The maximum Gasteiger partial charge on any atom is 0.335 e. The predicted octanol–water partition coefficient (Wildman–Crippen LogP) is 4.06. The smallest absolute Gasteiger partial charge is 0.335 e. The van der Waals surface area contributed by atoms with Gasteiger partial charge in [0.05, 0.1) is 23.7 Å². The van der Waals surface area contributed by atoms with E-state index in [-0.39, 0.29) is 18.1 Å². The lowest BCUT2D eigenvalue weighted by Crippen LogP contribution is -2.27. The first-order valence-electron chi connectivity index (χ1n) is 10.2. The Kier molecular flexibility index (Phi) is 6.93. The number of ether oxygens (including phenoxy) is 1. The number of aryl methyl sites for hydroxylation is 1. The molecule has 0 amide bonds. The van der Waals surface area contributed by atoms with Crippen molar-refractivity contribution in [3.8, 4) is 11.8 Å². The van der Waals surface area contributed by atoms with Gasteiger partial charge in [0.2, 0.25) is 0 Å². The fourth-order valence-electron chi connectivity index (χ4n) is 4.34. The third-order valence-electron chi connectivity index (χ3n) is 5.89. The third kappa shape index (κ3) is 5.12. The first-order chi connectivity index (χ1) is 13.1. The van der Waals surface area contributed by atoms with Crippen LogP contribution in [0.1, 0.15) is 67.8 Å². The zero-order valence-corrected chi connectivity index (χ0v) is 16.1. The highest BCUT2D eigenvalue weighted by Crippen LogP contribution is 2.45. The topological polar surface area (TPSA) is 66.8 Å². The number of fused-ring (bicyclic) bond motifs is 2. The van der Waals surface area contributed by atoms with Crippen LogP contribution in [0.15, 0.2) is 24.3 Å². The first-order valence-corrected chi connectivity index (χ1v) is 10.2. The molecule has 5 atom stereocenters. The van der Waals surface area contributed by atoms with Gasteiger partial charge in [0, 0.05) is 5.92 Å². The molecule has 2 N–H and O–H groups in total. The number of benzene rings is 1. The lowest BCUT2D eigenvalue weighted by Gasteiger charge is -2.24. The number of unbranched alkanes of at least 4 members (excludes halogenated alkanes) is 2. The zero-order valence-electron chi connectivity index (χ0n) is 16.1. The average Bonchev–Trinajstić information content (AvgIpc) is 3.26. The minimum absolute atomic E-state index is 0.211. The van der Waals surface area contributed by atoms with Gasteiger partial charge in [0.25, 0.3) is 0 Å². The number of carbonyl (C=O) groups is 1. The Bertz CT molecular complexity index is 685. The summed E-state index contributed by atoms with van der Waals surface area (Å²) in [6.45, 7) is 2.16. The van der Waals surface area contributed by atoms with Gasteiger partial charge in [0.15, 0.2) is 0 Å². The van der Waals surface area contributed by atoms with E-state index in [1.165, 1.54) is 0 Å². The Labute approximate surface area is 161 Å². The summed E-state index contributed by atoms with van der Waals surface area (Å²) in [7, 11) is 0. The summed E-state index contributed by atoms with van der Waals surface area (Å²) in [5, 5.41) is 19.1. The molecule has 0 aromatic heterocycles. The molecule has 0 saturated carbocycles. The molecule has 0 spiro atoms. The zero-order chi connectivity index (χ0) is 19.2. The van der Waals surface area contributed by atoms with Crippen LogP contribution in [-0.2, 0) is 11.2 Å². The molecular formula is C23H30O4. The van der Waals surface area contributed by atoms with E-state index in [1.807, 2.05) is 12.1 Å². The maximum absolute atomic E-state index is 11.0. The molecule has 2 aliphatic heterocycles. The quantitative estimate of drug-likeness (QED) is 0.535. The molecule has 2 heterocycles. The van der Waals surface area contributed by atoms with Crippen molar-refractivity contribution in [1.82, 2.24) is 0 Å². The van der Waals surface area contributed by atoms with Gasteiger partial charge >= 0.3 is 5.97 Å². The van der Waals surface area contributed by atoms with Gasteiger partial charge in [-0.25, -0.2) is 4.79 Å². The molecular weight excluding hydrogens is 340 g/mol. The number of hydrogen-bond donors (Lipinski definition) is 2. The molecule has 2 fully saturated rings. The fraction of sp³-hybridized carbons (Fsp3) is 0.609. The van der Waals surface area contributed by atoms with Crippen molar-refractivity contribution >= 4 is 5.97 Å². The Morgan fingerprint density at radius 2 is 1.96 bits per heavy atom. The van der Waals surface area contributed by atoms with Crippen LogP contribution >= 0.6 is 0 Å². The first kappa shape index (κ1) is 19.9. The number of carboxylic acids is 1. The summed E-state index contributed by atoms with van der Waals surface area (Å²) >= 11 is 0. The minimum Gasteiger partial charge on any atom is -0.478 e. The molecule has 27 heavy (non-hydrogen) atoms. The van der Waals surface area contributed by atoms with Gasteiger partial charge in [0.1, 0.15) is 6.10 Å². The van der Waals surface area contributed by atoms with Gasteiger partial charge in [-0.1, -0.05) is 43.7 Å². The summed E-state index contributed by atoms with van der Waals surface area (Å²) in [5.74, 6) is 6.14. The molecule has 1 aromatic rings. The molecule has 0 aliphatic carbocycles. The summed E-state index contributed by atoms with van der Waals surface area (Å²) in [6.07, 6.45) is 8.08. The standard InChI is InChI=1S/C23H30O4/c1-2-3-4-5-18(24)11-13-20-19(21-14-15-22(20)27-21)12-8-16-6-9-17(10-7-16)23(25)26/h6-7,9-10,18-22,24H,2-5,8,12,14-15H2,1H3,(H,25,26)/t18?,19-,20-,21+,22-/m0/s1. The van der Waals surface area contributed by atoms with Crippen LogP contribution in [0.5, 0.6) is 0 Å². The van der Waals surface area contributed by atoms with Crippen molar-refractivity contribution in [2.75, 3.05) is 0 Å². The predicted molar refractivity (Wildman–Crippen MR) is 105 cm³/mol. The number of aromatic carboxylic acids is 1. The summed E-state index contributed by atoms with van der Waals surface area (Å²) in [6, 6.07) is 7.13. The van der Waals surface area contributed by atoms with Crippen molar-refractivity contribution in [2.24, 2.45) is 11.8 Å². The molecule has 2 saturated heterocycles. The second-order valence-electron chi connectivity index (χ2n) is 7.82. The van der Waals surface area contributed by atoms with E-state index in [2.05, 4.69) is 18.8 Å². The van der Waals surface area contributed by atoms with Crippen LogP contribution < -0.4 is 0 Å². The summed E-state index contributed by atoms with van der Waals surface area (Å²) in [5.41, 5.74) is 1.47. The highest BCUT2D eigenvalue weighted by atomic mass is 16.5. The molecule has 0 radical (unpaired) electrons. The van der Waals surface area contributed by atoms with Crippen molar-refractivity contribution in [1.29, 1.82) is 0 Å². The lowest BCUT2D eigenvalue weighted by atomic mass is 9.76. The summed E-state index contributed by atoms with van der Waals surface area (Å²) in [4.78, 5) is 11.0. The van der Waals surface area contributed by atoms with Gasteiger partial charge in [-0.05, 0) is 56.2 Å². The minimum atomic E-state index is -0.893. The average molecular weight is 370 g/mol. The molecule has 2 aliphatic rings. The number of aliphatic hydroxyl groups is 1. The second-order valence-corrected chi connectivity index (χ2v) is 7.82. The number of carboxylic acid groups (broad SMARTS) is 1. The van der Waals surface area contributed by atoms with Crippen LogP contribution in [0.25, 0.3) is 0 Å². The highest BCUT2D eigenvalue weighted by Gasteiger charge is 2.47. The fourth-order valence-corrected chi connectivity index (χ4v) is 4.34. The summed E-state index contributed by atoms with van der Waals surface area (Å²) < 4.78 is 6.11. The maximum atomic E-state index is 11.0. The number of hydrogen-bond acceptors (Lipinski definition) is 3. The SMILES string of the molecule is CCCCCC(O)C#C[C@H]1[C@H](CCc2ccc(C(=O)O)cc2)[C@H]2CC[C@@H]1O2. The van der Waals surface area contributed by atoms with Gasteiger partial charge in [-0.2, -0.15) is 0 Å². The van der Waals surface area contributed by atoms with Crippen molar-refractivity contribution in [3.05, 3.63) is 35.4 Å². The van der Waals surface area contributed by atoms with E-state index in [9.17, 15) is 9.90 Å². The third-order valence-corrected chi connectivity index (χ3v) is 5.89. The second kappa shape index (κ2) is 9.39. The molecule has 2 bridgehead atoms. The van der Waals surface area contributed by atoms with Crippen LogP contribution in [0, 0.1) is 23.7 Å². The largest absolute Gasteiger partial charge is 0.478 e. The van der Waals surface area contributed by atoms with Crippen LogP contribution in [0.2, 0.25) is 0 Å². The molecule has 1 aromatic carbocycles. The molecule has 3 rings (SSSR count). The van der Waals surface area contributed by atoms with Crippen LogP contribution in [0.4, 0.5) is 0 Å². The molecule has 1 unspecified atom stereocenters. The number of aliphatic hydroxyl groups excluding tert-OH is 1. The van der Waals surface area contributed by atoms with E-state index in [0.29, 0.717) is 11.5 Å². The Morgan fingerprint density at radius 3 is 2.67 bits per heavy atom. The van der Waals surface area contributed by atoms with Crippen molar-refractivity contribution < 1.29 is 19.7 Å². The lowest BCUT2D eigenvalue weighted by molar-refractivity contribution is 0.0697. The monoisotopic (exact) mass is 370 g/mol. The number of rotatable bonds is 8.